The summed E-state index contributed by atoms with van der Waals surface area (Å²) in [5.74, 6) is 0. The monoisotopic (exact) mass is 132 g/mol. The zero-order valence-electron chi connectivity index (χ0n) is 5.25. The molecule has 0 saturated carbocycles. The molecule has 1 aliphatic rings. The number of hydroxylamine groups is 2. The summed E-state index contributed by atoms with van der Waals surface area (Å²) in [6.45, 7) is 0. The SMILES string of the molecule is COC1NC(=O)ON1C. The van der Waals surface area contributed by atoms with Crippen LogP contribution in [0.5, 0.6) is 0 Å². The van der Waals surface area contributed by atoms with E-state index in [1.807, 2.05) is 0 Å². The van der Waals surface area contributed by atoms with E-state index in [0.29, 0.717) is 0 Å². The topological polar surface area (TPSA) is 50.8 Å². The molecule has 1 unspecified atom stereocenters. The molecule has 1 saturated heterocycles. The van der Waals surface area contributed by atoms with Crippen LogP contribution in [0.15, 0.2) is 0 Å². The van der Waals surface area contributed by atoms with Gasteiger partial charge in [-0.05, 0) is 0 Å². The lowest BCUT2D eigenvalue weighted by Gasteiger charge is -2.11. The number of carbonyl (C=O) groups is 1. The van der Waals surface area contributed by atoms with Gasteiger partial charge in [0.1, 0.15) is 0 Å². The van der Waals surface area contributed by atoms with E-state index in [4.69, 9.17) is 4.74 Å². The Hall–Kier alpha value is -0.810. The van der Waals surface area contributed by atoms with Gasteiger partial charge in [0.05, 0.1) is 0 Å². The third kappa shape index (κ3) is 1.11. The lowest BCUT2D eigenvalue weighted by molar-refractivity contribution is -0.149. The summed E-state index contributed by atoms with van der Waals surface area (Å²) in [7, 11) is 3.09. The molecule has 0 spiro atoms. The van der Waals surface area contributed by atoms with Crippen molar-refractivity contribution in [2.75, 3.05) is 14.2 Å². The number of hydrogen-bond acceptors (Lipinski definition) is 4. The second-order valence-electron chi connectivity index (χ2n) is 1.66. The van der Waals surface area contributed by atoms with E-state index in [1.165, 1.54) is 12.2 Å². The number of ether oxygens (including phenoxy) is 1. The summed E-state index contributed by atoms with van der Waals surface area (Å²) < 4.78 is 4.76. The molecule has 0 bridgehead atoms. The molecule has 52 valence electrons. The predicted octanol–water partition coefficient (Wildman–Crippen LogP) is -0.497. The minimum Gasteiger partial charge on any atom is -0.347 e. The maximum absolute atomic E-state index is 10.4. The van der Waals surface area contributed by atoms with Crippen molar-refractivity contribution in [2.45, 2.75) is 6.35 Å². The Bertz CT molecular complexity index is 127. The highest BCUT2D eigenvalue weighted by atomic mass is 16.8. The molecular weight excluding hydrogens is 124 g/mol. The van der Waals surface area contributed by atoms with Crippen molar-refractivity contribution >= 4 is 6.09 Å². The molecule has 5 nitrogen and oxygen atoms in total. The van der Waals surface area contributed by atoms with Gasteiger partial charge in [0.25, 0.3) is 0 Å². The number of rotatable bonds is 1. The maximum Gasteiger partial charge on any atom is 0.429 e. The number of amides is 1. The summed E-state index contributed by atoms with van der Waals surface area (Å²) in [4.78, 5) is 14.9. The van der Waals surface area contributed by atoms with Crippen molar-refractivity contribution in [1.29, 1.82) is 0 Å². The second kappa shape index (κ2) is 2.20. The van der Waals surface area contributed by atoms with Gasteiger partial charge in [-0.25, -0.2) is 4.79 Å². The fraction of sp³-hybridized carbons (Fsp3) is 0.750. The highest BCUT2D eigenvalue weighted by molar-refractivity contribution is 5.68. The lowest BCUT2D eigenvalue weighted by atomic mass is 10.9. The molecule has 0 aliphatic carbocycles. The van der Waals surface area contributed by atoms with Crippen LogP contribution in [-0.2, 0) is 9.57 Å². The zero-order valence-corrected chi connectivity index (χ0v) is 5.25. The lowest BCUT2D eigenvalue weighted by Crippen LogP contribution is -2.34. The van der Waals surface area contributed by atoms with Crippen LogP contribution in [-0.4, -0.2) is 31.7 Å². The van der Waals surface area contributed by atoms with Gasteiger partial charge in [-0.15, -0.1) is 0 Å². The van der Waals surface area contributed by atoms with Crippen molar-refractivity contribution < 1.29 is 14.4 Å². The van der Waals surface area contributed by atoms with E-state index in [9.17, 15) is 4.79 Å². The van der Waals surface area contributed by atoms with Gasteiger partial charge in [0, 0.05) is 14.2 Å². The van der Waals surface area contributed by atoms with E-state index in [1.54, 1.807) is 7.05 Å². The molecule has 0 radical (unpaired) electrons. The van der Waals surface area contributed by atoms with Gasteiger partial charge in [0.2, 0.25) is 6.35 Å². The Balaban J connectivity index is 2.47. The first-order valence-electron chi connectivity index (χ1n) is 2.48. The molecule has 0 aromatic carbocycles. The molecule has 1 atom stereocenters. The third-order valence-corrected chi connectivity index (χ3v) is 1.02. The van der Waals surface area contributed by atoms with Crippen molar-refractivity contribution in [1.82, 2.24) is 10.4 Å². The molecule has 0 aromatic rings. The van der Waals surface area contributed by atoms with Crippen LogP contribution < -0.4 is 5.32 Å². The highest BCUT2D eigenvalue weighted by Crippen LogP contribution is 2.02. The van der Waals surface area contributed by atoms with Crippen molar-refractivity contribution in [3.05, 3.63) is 0 Å². The zero-order chi connectivity index (χ0) is 6.85. The van der Waals surface area contributed by atoms with Gasteiger partial charge in [-0.3, -0.25) is 5.32 Å². The summed E-state index contributed by atoms with van der Waals surface area (Å²) in [6, 6.07) is 0. The second-order valence-corrected chi connectivity index (χ2v) is 1.66. The van der Waals surface area contributed by atoms with Crippen molar-refractivity contribution in [3.8, 4) is 0 Å². The molecule has 0 aromatic heterocycles. The molecule has 1 N–H and O–H groups in total. The molecule has 5 heteroatoms. The molecule has 9 heavy (non-hydrogen) atoms. The Kier molecular flexibility index (Phi) is 1.54. The van der Waals surface area contributed by atoms with E-state index in [-0.39, 0.29) is 0 Å². The first kappa shape index (κ1) is 6.31. The Morgan fingerprint density at radius 3 is 2.78 bits per heavy atom. The number of nitrogens with one attached hydrogen (secondary N) is 1. The average molecular weight is 132 g/mol. The first-order valence-corrected chi connectivity index (χ1v) is 2.48. The third-order valence-electron chi connectivity index (χ3n) is 1.02. The highest BCUT2D eigenvalue weighted by Gasteiger charge is 2.27. The molecule has 1 heterocycles. The van der Waals surface area contributed by atoms with Gasteiger partial charge in [0.15, 0.2) is 0 Å². The summed E-state index contributed by atoms with van der Waals surface area (Å²) in [5, 5.41) is 3.69. The van der Waals surface area contributed by atoms with Crippen molar-refractivity contribution in [2.24, 2.45) is 0 Å². The van der Waals surface area contributed by atoms with Crippen LogP contribution in [0.2, 0.25) is 0 Å². The standard InChI is InChI=1S/C4H8N2O3/c1-6-3(8-2)5-4(7)9-6/h3H,1-2H3,(H,5,7). The summed E-state index contributed by atoms with van der Waals surface area (Å²) >= 11 is 0. The van der Waals surface area contributed by atoms with Crippen LogP contribution in [0, 0.1) is 0 Å². The van der Waals surface area contributed by atoms with E-state index >= 15 is 0 Å². The van der Waals surface area contributed by atoms with Crippen LogP contribution in [0.25, 0.3) is 0 Å². The van der Waals surface area contributed by atoms with Crippen molar-refractivity contribution in [3.63, 3.8) is 0 Å². The van der Waals surface area contributed by atoms with Crippen LogP contribution >= 0.6 is 0 Å². The van der Waals surface area contributed by atoms with Crippen LogP contribution in [0.3, 0.4) is 0 Å². The maximum atomic E-state index is 10.4. The minimum absolute atomic E-state index is 0.447. The largest absolute Gasteiger partial charge is 0.429 e. The Labute approximate surface area is 52.5 Å². The van der Waals surface area contributed by atoms with E-state index in [2.05, 4.69) is 10.2 Å². The van der Waals surface area contributed by atoms with E-state index < -0.39 is 12.4 Å². The normalized spacial score (nSPS) is 27.8. The predicted molar refractivity (Wildman–Crippen MR) is 28.2 cm³/mol. The molecule has 1 amide bonds. The number of hydrogen-bond donors (Lipinski definition) is 1. The molecule has 1 fully saturated rings. The molecular formula is C4H8N2O3. The fourth-order valence-electron chi connectivity index (χ4n) is 0.604. The van der Waals surface area contributed by atoms with Crippen LogP contribution in [0.4, 0.5) is 4.79 Å². The average Bonchev–Trinajstić information content (AvgIpc) is 2.10. The summed E-state index contributed by atoms with van der Waals surface area (Å²) in [5.41, 5.74) is 0. The Morgan fingerprint density at radius 1 is 1.89 bits per heavy atom. The molecule has 1 aliphatic heterocycles. The van der Waals surface area contributed by atoms with E-state index in [0.717, 1.165) is 0 Å². The Morgan fingerprint density at radius 2 is 2.56 bits per heavy atom. The van der Waals surface area contributed by atoms with Gasteiger partial charge >= 0.3 is 6.09 Å². The quantitative estimate of drug-likeness (QED) is 0.522. The number of methoxy groups -OCH3 is 1. The van der Waals surface area contributed by atoms with Gasteiger partial charge in [-0.1, -0.05) is 5.06 Å². The summed E-state index contributed by atoms with van der Waals surface area (Å²) in [6.07, 6.45) is -0.929. The van der Waals surface area contributed by atoms with Gasteiger partial charge < -0.3 is 9.57 Å². The van der Waals surface area contributed by atoms with Gasteiger partial charge in [-0.2, -0.15) is 0 Å². The minimum atomic E-state index is -0.482. The molecule has 1 rings (SSSR count). The number of nitrogens with zero attached hydrogens (tertiary/aromatic N) is 1. The van der Waals surface area contributed by atoms with Crippen LogP contribution in [0.1, 0.15) is 0 Å². The fourth-order valence-corrected chi connectivity index (χ4v) is 0.604. The number of carbonyl (C=O) groups excluding carboxylic acids is 1. The smallest absolute Gasteiger partial charge is 0.347 e. The first-order chi connectivity index (χ1) is 4.24.